The van der Waals surface area contributed by atoms with Crippen LogP contribution in [-0.2, 0) is 9.84 Å². The molecule has 1 amide bonds. The van der Waals surface area contributed by atoms with Gasteiger partial charge in [0.25, 0.3) is 5.91 Å². The summed E-state index contributed by atoms with van der Waals surface area (Å²) in [6, 6.07) is 4.82. The van der Waals surface area contributed by atoms with Gasteiger partial charge in [-0.3, -0.25) is 4.79 Å². The monoisotopic (exact) mass is 357 g/mol. The van der Waals surface area contributed by atoms with E-state index in [-0.39, 0.29) is 5.91 Å². The first-order chi connectivity index (χ1) is 11.4. The maximum Gasteiger partial charge on any atom is 0.341 e. The van der Waals surface area contributed by atoms with Crippen molar-refractivity contribution < 1.29 is 22.0 Å². The van der Waals surface area contributed by atoms with Crippen molar-refractivity contribution in [2.24, 2.45) is 11.8 Å². The van der Waals surface area contributed by atoms with Crippen molar-refractivity contribution in [3.63, 3.8) is 0 Å². The zero-order chi connectivity index (χ0) is 17.3. The van der Waals surface area contributed by atoms with Crippen molar-refractivity contribution in [1.82, 2.24) is 4.90 Å². The standard InChI is InChI=1S/C17H21F2NO3S/c18-17(19)24(22,23)15-7-5-13(6-8-15)16(21)20-10-9-12-3-1-2-4-14(12)11-20/h5-8,12,14,17H,1-4,9-11H2/t12-,14-/m1/s1. The lowest BCUT2D eigenvalue weighted by atomic mass is 9.75. The molecule has 1 aliphatic heterocycles. The van der Waals surface area contributed by atoms with Gasteiger partial charge in [-0.1, -0.05) is 19.3 Å². The van der Waals surface area contributed by atoms with Gasteiger partial charge >= 0.3 is 5.76 Å². The molecule has 2 atom stereocenters. The predicted octanol–water partition coefficient (Wildman–Crippen LogP) is 3.34. The molecule has 2 aliphatic rings. The van der Waals surface area contributed by atoms with Crippen molar-refractivity contribution >= 4 is 15.7 Å². The number of halogens is 2. The van der Waals surface area contributed by atoms with Crippen LogP contribution in [0.2, 0.25) is 0 Å². The fourth-order valence-corrected chi connectivity index (χ4v) is 4.58. The molecule has 0 unspecified atom stereocenters. The van der Waals surface area contributed by atoms with Crippen LogP contribution in [0.15, 0.2) is 29.2 Å². The van der Waals surface area contributed by atoms with E-state index in [0.29, 0.717) is 23.9 Å². The summed E-state index contributed by atoms with van der Waals surface area (Å²) in [7, 11) is -4.62. The van der Waals surface area contributed by atoms with Crippen LogP contribution >= 0.6 is 0 Å². The molecule has 1 aromatic rings. The molecule has 24 heavy (non-hydrogen) atoms. The Kier molecular flexibility index (Phi) is 4.90. The number of fused-ring (bicyclic) bond motifs is 1. The quantitative estimate of drug-likeness (QED) is 0.834. The molecule has 2 fully saturated rings. The van der Waals surface area contributed by atoms with Crippen molar-refractivity contribution in [3.8, 4) is 0 Å². The lowest BCUT2D eigenvalue weighted by Crippen LogP contribution is -2.44. The topological polar surface area (TPSA) is 54.5 Å². The number of piperidine rings is 1. The third-order valence-corrected chi connectivity index (χ3v) is 6.64. The number of carbonyl (C=O) groups excluding carboxylic acids is 1. The first-order valence-electron chi connectivity index (χ1n) is 8.31. The van der Waals surface area contributed by atoms with Gasteiger partial charge < -0.3 is 4.90 Å². The third-order valence-electron chi connectivity index (χ3n) is 5.24. The maximum atomic E-state index is 12.6. The van der Waals surface area contributed by atoms with Gasteiger partial charge in [-0.05, 0) is 48.9 Å². The van der Waals surface area contributed by atoms with Crippen LogP contribution < -0.4 is 0 Å². The molecule has 0 N–H and O–H groups in total. The van der Waals surface area contributed by atoms with E-state index < -0.39 is 20.5 Å². The molecule has 0 radical (unpaired) electrons. The van der Waals surface area contributed by atoms with E-state index in [2.05, 4.69) is 0 Å². The Balaban J connectivity index is 1.71. The van der Waals surface area contributed by atoms with E-state index in [4.69, 9.17) is 0 Å². The Bertz CT molecular complexity index is 703. The summed E-state index contributed by atoms with van der Waals surface area (Å²) in [6.07, 6.45) is 5.89. The molecule has 3 rings (SSSR count). The second kappa shape index (κ2) is 6.78. The Morgan fingerprint density at radius 3 is 2.29 bits per heavy atom. The minimum absolute atomic E-state index is 0.153. The van der Waals surface area contributed by atoms with Crippen LogP contribution in [0, 0.1) is 11.8 Å². The second-order valence-corrected chi connectivity index (χ2v) is 8.59. The van der Waals surface area contributed by atoms with Gasteiger partial charge in [-0.15, -0.1) is 0 Å². The lowest BCUT2D eigenvalue weighted by molar-refractivity contribution is 0.0521. The van der Waals surface area contributed by atoms with E-state index >= 15 is 0 Å². The SMILES string of the molecule is O=C(c1ccc(S(=O)(=O)C(F)F)cc1)N1CC[C@H]2CCCC[C@@H]2C1. The van der Waals surface area contributed by atoms with Crippen molar-refractivity contribution in [3.05, 3.63) is 29.8 Å². The Morgan fingerprint density at radius 1 is 1.04 bits per heavy atom. The first kappa shape index (κ1) is 17.3. The van der Waals surface area contributed by atoms with Gasteiger partial charge in [0.05, 0.1) is 4.90 Å². The average Bonchev–Trinajstić information content (AvgIpc) is 2.60. The fourth-order valence-electron chi connectivity index (χ4n) is 3.86. The van der Waals surface area contributed by atoms with Gasteiger partial charge in [0.2, 0.25) is 9.84 Å². The highest BCUT2D eigenvalue weighted by atomic mass is 32.2. The molecular formula is C17H21F2NO3S. The van der Waals surface area contributed by atoms with Gasteiger partial charge in [0, 0.05) is 18.7 Å². The van der Waals surface area contributed by atoms with Crippen LogP contribution in [0.3, 0.4) is 0 Å². The number of sulfone groups is 1. The number of amides is 1. The molecule has 4 nitrogen and oxygen atoms in total. The van der Waals surface area contributed by atoms with Gasteiger partial charge in [-0.2, -0.15) is 8.78 Å². The number of hydrogen-bond acceptors (Lipinski definition) is 3. The number of likely N-dealkylation sites (tertiary alicyclic amines) is 1. The molecule has 7 heteroatoms. The highest BCUT2D eigenvalue weighted by Crippen LogP contribution is 2.36. The number of hydrogen-bond donors (Lipinski definition) is 0. The Morgan fingerprint density at radius 2 is 1.67 bits per heavy atom. The first-order valence-corrected chi connectivity index (χ1v) is 9.85. The van der Waals surface area contributed by atoms with Crippen molar-refractivity contribution in [2.45, 2.75) is 42.8 Å². The predicted molar refractivity (Wildman–Crippen MR) is 85.6 cm³/mol. The van der Waals surface area contributed by atoms with Crippen LogP contribution in [-0.4, -0.2) is 38.1 Å². The summed E-state index contributed by atoms with van der Waals surface area (Å²) in [5.41, 5.74) is 0.345. The largest absolute Gasteiger partial charge is 0.341 e. The average molecular weight is 357 g/mol. The molecule has 1 aromatic carbocycles. The molecule has 132 valence electrons. The fraction of sp³-hybridized carbons (Fsp3) is 0.588. The van der Waals surface area contributed by atoms with Crippen LogP contribution in [0.25, 0.3) is 0 Å². The number of carbonyl (C=O) groups is 1. The van der Waals surface area contributed by atoms with Crippen LogP contribution in [0.5, 0.6) is 0 Å². The van der Waals surface area contributed by atoms with E-state index in [1.807, 2.05) is 4.90 Å². The van der Waals surface area contributed by atoms with Crippen molar-refractivity contribution in [1.29, 1.82) is 0 Å². The summed E-state index contributed by atoms with van der Waals surface area (Å²) in [6.45, 7) is 1.44. The van der Waals surface area contributed by atoms with E-state index in [1.54, 1.807) is 0 Å². The number of alkyl halides is 2. The highest BCUT2D eigenvalue weighted by molar-refractivity contribution is 7.91. The normalized spacial score (nSPS) is 24.7. The van der Waals surface area contributed by atoms with Crippen LogP contribution in [0.4, 0.5) is 8.78 Å². The molecule has 0 spiro atoms. The highest BCUT2D eigenvalue weighted by Gasteiger charge is 2.33. The molecule has 1 saturated heterocycles. The molecule has 1 saturated carbocycles. The number of benzene rings is 1. The lowest BCUT2D eigenvalue weighted by Gasteiger charge is -2.41. The molecule has 0 aromatic heterocycles. The second-order valence-electron chi connectivity index (χ2n) is 6.67. The summed E-state index contributed by atoms with van der Waals surface area (Å²) in [4.78, 5) is 13.9. The number of rotatable bonds is 3. The molecular weight excluding hydrogens is 336 g/mol. The molecule has 1 aliphatic carbocycles. The van der Waals surface area contributed by atoms with Gasteiger partial charge in [0.1, 0.15) is 0 Å². The van der Waals surface area contributed by atoms with E-state index in [9.17, 15) is 22.0 Å². The molecule has 0 bridgehead atoms. The smallest absolute Gasteiger partial charge is 0.338 e. The van der Waals surface area contributed by atoms with Gasteiger partial charge in [0.15, 0.2) is 0 Å². The summed E-state index contributed by atoms with van der Waals surface area (Å²) in [5.74, 6) is -2.35. The maximum absolute atomic E-state index is 12.6. The summed E-state index contributed by atoms with van der Waals surface area (Å²) >= 11 is 0. The number of nitrogens with zero attached hydrogens (tertiary/aromatic N) is 1. The van der Waals surface area contributed by atoms with Gasteiger partial charge in [-0.25, -0.2) is 8.42 Å². The summed E-state index contributed by atoms with van der Waals surface area (Å²) in [5, 5.41) is 0. The molecule has 1 heterocycles. The zero-order valence-corrected chi connectivity index (χ0v) is 14.1. The third kappa shape index (κ3) is 3.31. The minimum atomic E-state index is -4.62. The minimum Gasteiger partial charge on any atom is -0.338 e. The zero-order valence-electron chi connectivity index (χ0n) is 13.3. The summed E-state index contributed by atoms with van der Waals surface area (Å²) < 4.78 is 47.9. The van der Waals surface area contributed by atoms with E-state index in [1.165, 1.54) is 31.4 Å². The van der Waals surface area contributed by atoms with Crippen LogP contribution in [0.1, 0.15) is 42.5 Å². The Labute approximate surface area is 140 Å². The van der Waals surface area contributed by atoms with Crippen molar-refractivity contribution in [2.75, 3.05) is 13.1 Å². The van der Waals surface area contributed by atoms with E-state index in [0.717, 1.165) is 31.5 Å². The Hall–Kier alpha value is -1.50.